The van der Waals surface area contributed by atoms with Crippen molar-refractivity contribution in [1.29, 1.82) is 5.26 Å². The highest BCUT2D eigenvalue weighted by molar-refractivity contribution is 4.69. The van der Waals surface area contributed by atoms with E-state index < -0.39 is 0 Å². The largest absolute Gasteiger partial charge is 0.329 e. The summed E-state index contributed by atoms with van der Waals surface area (Å²) in [5, 5.41) is 18.8. The Labute approximate surface area is 78.9 Å². The van der Waals surface area contributed by atoms with Crippen molar-refractivity contribution < 1.29 is 5.21 Å². The minimum Gasteiger partial charge on any atom is -0.329 e. The Kier molecular flexibility index (Phi) is 19.8. The molecule has 0 aromatic heterocycles. The molecular weight excluding hydrogens is 170 g/mol. The Morgan fingerprint density at radius 3 is 2.08 bits per heavy atom. The molecule has 0 aliphatic rings. The standard InChI is InChI=1S/C5H11N3.C2H8N2O/c6-2-1-4-8-5-3-7;3-1-2-4-5/h8H,1,3-5,7H2;4-5H,1-3H2. The second-order valence-corrected chi connectivity index (χ2v) is 2.14. The fourth-order valence-electron chi connectivity index (χ4n) is 0.436. The second kappa shape index (κ2) is 17.4. The van der Waals surface area contributed by atoms with Crippen LogP contribution in [-0.2, 0) is 0 Å². The van der Waals surface area contributed by atoms with Crippen molar-refractivity contribution in [3.05, 3.63) is 0 Å². The minimum absolute atomic E-state index is 0.472. The molecule has 78 valence electrons. The average Bonchev–Trinajstić information content (AvgIpc) is 2.15. The summed E-state index contributed by atoms with van der Waals surface area (Å²) >= 11 is 0. The predicted molar refractivity (Wildman–Crippen MR) is 51.0 cm³/mol. The van der Waals surface area contributed by atoms with Crippen LogP contribution in [0.3, 0.4) is 0 Å². The van der Waals surface area contributed by atoms with Crippen LogP contribution in [0, 0.1) is 11.3 Å². The van der Waals surface area contributed by atoms with Crippen LogP contribution in [0.5, 0.6) is 0 Å². The lowest BCUT2D eigenvalue weighted by atomic mass is 10.4. The highest BCUT2D eigenvalue weighted by atomic mass is 16.5. The summed E-state index contributed by atoms with van der Waals surface area (Å²) in [6.07, 6.45) is 0.569. The second-order valence-electron chi connectivity index (χ2n) is 2.14. The fraction of sp³-hybridized carbons (Fsp3) is 0.857. The van der Waals surface area contributed by atoms with Crippen molar-refractivity contribution in [2.24, 2.45) is 11.5 Å². The number of nitriles is 1. The summed E-state index contributed by atoms with van der Waals surface area (Å²) in [5.74, 6) is 0. The van der Waals surface area contributed by atoms with Crippen molar-refractivity contribution in [3.63, 3.8) is 0 Å². The van der Waals surface area contributed by atoms with Crippen LogP contribution >= 0.6 is 0 Å². The van der Waals surface area contributed by atoms with Gasteiger partial charge in [-0.3, -0.25) is 0 Å². The van der Waals surface area contributed by atoms with Crippen molar-refractivity contribution in [3.8, 4) is 6.07 Å². The van der Waals surface area contributed by atoms with Gasteiger partial charge < -0.3 is 22.0 Å². The quantitative estimate of drug-likeness (QED) is 0.253. The lowest BCUT2D eigenvalue weighted by Crippen LogP contribution is -2.22. The Balaban J connectivity index is 0. The molecule has 0 bridgehead atoms. The first-order valence-electron chi connectivity index (χ1n) is 4.18. The zero-order valence-electron chi connectivity index (χ0n) is 7.79. The Morgan fingerprint density at radius 2 is 1.77 bits per heavy atom. The van der Waals surface area contributed by atoms with Crippen LogP contribution in [0.15, 0.2) is 0 Å². The summed E-state index contributed by atoms with van der Waals surface area (Å²) < 4.78 is 0. The SMILES string of the molecule is N#CCCNCCN.NCCNO. The number of hydrogen-bond acceptors (Lipinski definition) is 6. The molecule has 6 heteroatoms. The van der Waals surface area contributed by atoms with Gasteiger partial charge in [0.25, 0.3) is 0 Å². The molecule has 0 aromatic rings. The molecule has 6 nitrogen and oxygen atoms in total. The van der Waals surface area contributed by atoms with Gasteiger partial charge in [-0.05, 0) is 0 Å². The summed E-state index contributed by atoms with van der Waals surface area (Å²) in [6, 6.07) is 2.02. The highest BCUT2D eigenvalue weighted by Crippen LogP contribution is 1.66. The van der Waals surface area contributed by atoms with Crippen LogP contribution in [0.1, 0.15) is 6.42 Å². The predicted octanol–water partition coefficient (Wildman–Crippen LogP) is -1.63. The third kappa shape index (κ3) is 24.6. The van der Waals surface area contributed by atoms with Crippen molar-refractivity contribution >= 4 is 0 Å². The van der Waals surface area contributed by atoms with E-state index in [0.717, 1.165) is 13.1 Å². The molecule has 0 unspecified atom stereocenters. The van der Waals surface area contributed by atoms with E-state index in [-0.39, 0.29) is 0 Å². The van der Waals surface area contributed by atoms with E-state index in [1.807, 2.05) is 11.5 Å². The van der Waals surface area contributed by atoms with E-state index in [1.165, 1.54) is 0 Å². The Morgan fingerprint density at radius 1 is 1.15 bits per heavy atom. The molecular formula is C7H19N5O. The van der Waals surface area contributed by atoms with Gasteiger partial charge in [-0.2, -0.15) is 5.26 Å². The topological polar surface area (TPSA) is 120 Å². The van der Waals surface area contributed by atoms with Crippen LogP contribution < -0.4 is 22.3 Å². The molecule has 0 radical (unpaired) electrons. The summed E-state index contributed by atoms with van der Waals surface area (Å²) in [6.45, 7) is 3.16. The molecule has 0 saturated carbocycles. The maximum absolute atomic E-state index is 8.04. The number of nitrogens with two attached hydrogens (primary N) is 2. The normalized spacial score (nSPS) is 8.46. The van der Waals surface area contributed by atoms with E-state index in [4.69, 9.17) is 21.9 Å². The minimum atomic E-state index is 0.472. The Bertz CT molecular complexity index is 112. The highest BCUT2D eigenvalue weighted by Gasteiger charge is 1.80. The molecule has 0 atom stereocenters. The molecule has 0 spiro atoms. The first kappa shape index (κ1) is 14.8. The molecule has 0 rings (SSSR count). The van der Waals surface area contributed by atoms with Gasteiger partial charge in [0.2, 0.25) is 0 Å². The molecule has 0 aliphatic carbocycles. The van der Waals surface area contributed by atoms with Gasteiger partial charge in [-0.1, -0.05) is 0 Å². The van der Waals surface area contributed by atoms with E-state index in [2.05, 4.69) is 5.32 Å². The van der Waals surface area contributed by atoms with E-state index in [9.17, 15) is 0 Å². The van der Waals surface area contributed by atoms with Crippen molar-refractivity contribution in [1.82, 2.24) is 10.8 Å². The van der Waals surface area contributed by atoms with Crippen molar-refractivity contribution in [2.45, 2.75) is 6.42 Å². The zero-order chi connectivity index (χ0) is 10.4. The maximum Gasteiger partial charge on any atom is 0.0635 e. The molecule has 13 heavy (non-hydrogen) atoms. The molecule has 0 amide bonds. The lowest BCUT2D eigenvalue weighted by molar-refractivity contribution is 0.170. The molecule has 0 saturated heterocycles. The fourth-order valence-corrected chi connectivity index (χ4v) is 0.436. The van der Waals surface area contributed by atoms with Gasteiger partial charge in [-0.15, -0.1) is 0 Å². The summed E-state index contributed by atoms with van der Waals surface area (Å²) in [4.78, 5) is 0. The average molecular weight is 189 g/mol. The smallest absolute Gasteiger partial charge is 0.0635 e. The monoisotopic (exact) mass is 189 g/mol. The van der Waals surface area contributed by atoms with Gasteiger partial charge in [0.15, 0.2) is 0 Å². The van der Waals surface area contributed by atoms with Gasteiger partial charge in [0.05, 0.1) is 6.07 Å². The van der Waals surface area contributed by atoms with Gasteiger partial charge >= 0.3 is 0 Å². The lowest BCUT2D eigenvalue weighted by Gasteiger charge is -1.94. The van der Waals surface area contributed by atoms with E-state index in [0.29, 0.717) is 26.1 Å². The van der Waals surface area contributed by atoms with E-state index in [1.54, 1.807) is 0 Å². The first-order valence-corrected chi connectivity index (χ1v) is 4.18. The van der Waals surface area contributed by atoms with Crippen LogP contribution in [0.2, 0.25) is 0 Å². The number of nitrogens with zero attached hydrogens (tertiary/aromatic N) is 1. The van der Waals surface area contributed by atoms with Gasteiger partial charge in [0, 0.05) is 39.1 Å². The molecule has 0 aromatic carbocycles. The number of hydroxylamine groups is 1. The van der Waals surface area contributed by atoms with Crippen molar-refractivity contribution in [2.75, 3.05) is 32.7 Å². The summed E-state index contributed by atoms with van der Waals surface area (Å²) in [7, 11) is 0. The molecule has 7 N–H and O–H groups in total. The third-order valence-corrected chi connectivity index (χ3v) is 0.991. The van der Waals surface area contributed by atoms with Crippen LogP contribution in [0.4, 0.5) is 0 Å². The van der Waals surface area contributed by atoms with Crippen LogP contribution in [0.25, 0.3) is 0 Å². The zero-order valence-corrected chi connectivity index (χ0v) is 7.79. The molecule has 0 aliphatic heterocycles. The maximum atomic E-state index is 8.04. The number of hydrogen-bond donors (Lipinski definition) is 5. The van der Waals surface area contributed by atoms with Crippen LogP contribution in [-0.4, -0.2) is 37.9 Å². The number of rotatable bonds is 6. The third-order valence-electron chi connectivity index (χ3n) is 0.991. The molecule has 0 fully saturated rings. The summed E-state index contributed by atoms with van der Waals surface area (Å²) in [5.41, 5.74) is 12.0. The van der Waals surface area contributed by atoms with Gasteiger partial charge in [0.1, 0.15) is 0 Å². The number of nitrogens with one attached hydrogen (secondary N) is 2. The Hall–Kier alpha value is -0.710. The first-order chi connectivity index (χ1) is 6.33. The van der Waals surface area contributed by atoms with Gasteiger partial charge in [-0.25, -0.2) is 5.48 Å². The molecule has 0 heterocycles. The van der Waals surface area contributed by atoms with E-state index >= 15 is 0 Å².